The van der Waals surface area contributed by atoms with Gasteiger partial charge in [-0.3, -0.25) is 14.5 Å². The average molecular weight is 441 g/mol. The Morgan fingerprint density at radius 3 is 2.32 bits per heavy atom. The topological polar surface area (TPSA) is 70.1 Å². The third-order valence-corrected chi connectivity index (χ3v) is 6.06. The zero-order valence-corrected chi connectivity index (χ0v) is 18.1. The molecular formula is C24H25ClN2O4. The van der Waals surface area contributed by atoms with Crippen LogP contribution >= 0.6 is 11.6 Å². The molecule has 2 heterocycles. The van der Waals surface area contributed by atoms with Gasteiger partial charge in [-0.05, 0) is 24.6 Å². The van der Waals surface area contributed by atoms with Gasteiger partial charge >= 0.3 is 0 Å². The number of rotatable bonds is 5. The van der Waals surface area contributed by atoms with Gasteiger partial charge in [0.15, 0.2) is 0 Å². The minimum Gasteiger partial charge on any atom is -0.507 e. The van der Waals surface area contributed by atoms with E-state index in [1.807, 2.05) is 19.1 Å². The molecule has 2 aromatic rings. The van der Waals surface area contributed by atoms with Crippen molar-refractivity contribution in [3.8, 4) is 0 Å². The molecule has 31 heavy (non-hydrogen) atoms. The maximum absolute atomic E-state index is 13.0. The number of halogens is 1. The monoisotopic (exact) mass is 440 g/mol. The zero-order valence-electron chi connectivity index (χ0n) is 17.4. The maximum atomic E-state index is 13.0. The first-order chi connectivity index (χ1) is 15.0. The molecule has 2 aromatic carbocycles. The van der Waals surface area contributed by atoms with E-state index in [0.29, 0.717) is 36.9 Å². The van der Waals surface area contributed by atoms with Gasteiger partial charge in [-0.1, -0.05) is 53.6 Å². The molecule has 2 aliphatic heterocycles. The van der Waals surface area contributed by atoms with E-state index in [2.05, 4.69) is 4.90 Å². The van der Waals surface area contributed by atoms with Crippen LogP contribution in [0.4, 0.5) is 0 Å². The largest absolute Gasteiger partial charge is 0.507 e. The number of aliphatic hydroxyl groups excluding tert-OH is 1. The first kappa shape index (κ1) is 21.6. The molecule has 0 radical (unpaired) electrons. The van der Waals surface area contributed by atoms with Crippen molar-refractivity contribution >= 4 is 29.1 Å². The van der Waals surface area contributed by atoms with Crippen molar-refractivity contribution in [1.29, 1.82) is 0 Å². The smallest absolute Gasteiger partial charge is 0.295 e. The van der Waals surface area contributed by atoms with Crippen molar-refractivity contribution in [2.75, 3.05) is 39.4 Å². The summed E-state index contributed by atoms with van der Waals surface area (Å²) < 4.78 is 5.39. The number of ketones is 1. The van der Waals surface area contributed by atoms with Crippen LogP contribution < -0.4 is 0 Å². The van der Waals surface area contributed by atoms with Crippen LogP contribution in [0.1, 0.15) is 22.7 Å². The summed E-state index contributed by atoms with van der Waals surface area (Å²) in [6.07, 6.45) is 0. The fourth-order valence-electron chi connectivity index (χ4n) is 4.04. The van der Waals surface area contributed by atoms with E-state index in [1.54, 1.807) is 41.3 Å². The van der Waals surface area contributed by atoms with Crippen LogP contribution in [0.5, 0.6) is 0 Å². The molecule has 1 amide bonds. The molecule has 0 aliphatic carbocycles. The van der Waals surface area contributed by atoms with Crippen molar-refractivity contribution in [1.82, 2.24) is 9.80 Å². The molecule has 162 valence electrons. The van der Waals surface area contributed by atoms with Crippen LogP contribution in [-0.2, 0) is 14.3 Å². The summed E-state index contributed by atoms with van der Waals surface area (Å²) >= 11 is 6.06. The summed E-state index contributed by atoms with van der Waals surface area (Å²) in [4.78, 5) is 29.8. The average Bonchev–Trinajstić information content (AvgIpc) is 3.04. The fraction of sp³-hybridized carbons (Fsp3) is 0.333. The third-order valence-electron chi connectivity index (χ3n) is 5.81. The maximum Gasteiger partial charge on any atom is 0.295 e. The summed E-state index contributed by atoms with van der Waals surface area (Å²) in [6.45, 7) is 5.85. The molecular weight excluding hydrogens is 416 g/mol. The molecule has 2 saturated heterocycles. The molecule has 0 spiro atoms. The highest BCUT2D eigenvalue weighted by molar-refractivity contribution is 6.46. The second-order valence-corrected chi connectivity index (χ2v) is 8.30. The molecule has 0 aromatic heterocycles. The SMILES string of the molecule is Cc1ccc(/C(O)=C2/C(=O)C(=O)N(CCN3CCOCC3)C2c2ccc(Cl)cc2)cc1. The third kappa shape index (κ3) is 4.51. The number of morpholine rings is 1. The van der Waals surface area contributed by atoms with Gasteiger partial charge in [0.1, 0.15) is 5.76 Å². The molecule has 1 unspecified atom stereocenters. The standard InChI is InChI=1S/C24H25ClN2O4/c1-16-2-4-18(5-3-16)22(28)20-21(17-6-8-19(25)9-7-17)27(24(30)23(20)29)11-10-26-12-14-31-15-13-26/h2-9,21,28H,10-15H2,1H3/b22-20-. The van der Waals surface area contributed by atoms with Crippen molar-refractivity contribution in [3.05, 3.63) is 75.8 Å². The number of carbonyl (C=O) groups is 2. The van der Waals surface area contributed by atoms with E-state index < -0.39 is 17.7 Å². The van der Waals surface area contributed by atoms with E-state index in [0.717, 1.165) is 24.2 Å². The number of hydrogen-bond donors (Lipinski definition) is 1. The van der Waals surface area contributed by atoms with Crippen LogP contribution in [0.3, 0.4) is 0 Å². The lowest BCUT2D eigenvalue weighted by Gasteiger charge is -2.31. The second-order valence-electron chi connectivity index (χ2n) is 7.86. The molecule has 1 N–H and O–H groups in total. The highest BCUT2D eigenvalue weighted by atomic mass is 35.5. The van der Waals surface area contributed by atoms with Gasteiger partial charge in [0.25, 0.3) is 11.7 Å². The number of carbonyl (C=O) groups excluding carboxylic acids is 2. The summed E-state index contributed by atoms with van der Waals surface area (Å²) in [6, 6.07) is 13.6. The Morgan fingerprint density at radius 2 is 1.68 bits per heavy atom. The van der Waals surface area contributed by atoms with E-state index in [-0.39, 0.29) is 11.3 Å². The van der Waals surface area contributed by atoms with Crippen molar-refractivity contribution in [2.24, 2.45) is 0 Å². The Labute approximate surface area is 186 Å². The lowest BCUT2D eigenvalue weighted by Crippen LogP contribution is -2.42. The molecule has 6 nitrogen and oxygen atoms in total. The van der Waals surface area contributed by atoms with E-state index >= 15 is 0 Å². The molecule has 0 saturated carbocycles. The Kier molecular flexibility index (Phi) is 6.41. The minimum absolute atomic E-state index is 0.109. The first-order valence-corrected chi connectivity index (χ1v) is 10.7. The normalized spacial score (nSPS) is 21.6. The van der Waals surface area contributed by atoms with Gasteiger partial charge in [0, 0.05) is 36.8 Å². The van der Waals surface area contributed by atoms with E-state index in [4.69, 9.17) is 16.3 Å². The highest BCUT2D eigenvalue weighted by Crippen LogP contribution is 2.39. The lowest BCUT2D eigenvalue weighted by molar-refractivity contribution is -0.140. The lowest BCUT2D eigenvalue weighted by atomic mass is 9.95. The van der Waals surface area contributed by atoms with Gasteiger partial charge in [0.05, 0.1) is 24.8 Å². The van der Waals surface area contributed by atoms with Crippen LogP contribution in [0.15, 0.2) is 54.1 Å². The summed E-state index contributed by atoms with van der Waals surface area (Å²) in [5.41, 5.74) is 2.39. The Hall–Kier alpha value is -2.67. The summed E-state index contributed by atoms with van der Waals surface area (Å²) in [5.74, 6) is -1.42. The molecule has 4 rings (SSSR count). The Balaban J connectivity index is 1.72. The first-order valence-electron chi connectivity index (χ1n) is 10.4. The van der Waals surface area contributed by atoms with E-state index in [1.165, 1.54) is 0 Å². The summed E-state index contributed by atoms with van der Waals surface area (Å²) in [7, 11) is 0. The minimum atomic E-state index is -0.667. The number of hydrogen-bond acceptors (Lipinski definition) is 5. The van der Waals surface area contributed by atoms with Gasteiger partial charge in [-0.2, -0.15) is 0 Å². The van der Waals surface area contributed by atoms with Gasteiger partial charge in [-0.15, -0.1) is 0 Å². The fourth-order valence-corrected chi connectivity index (χ4v) is 4.17. The number of benzene rings is 2. The molecule has 7 heteroatoms. The predicted molar refractivity (Wildman–Crippen MR) is 119 cm³/mol. The van der Waals surface area contributed by atoms with Crippen LogP contribution in [-0.4, -0.2) is 66.0 Å². The van der Waals surface area contributed by atoms with Crippen molar-refractivity contribution < 1.29 is 19.4 Å². The number of likely N-dealkylation sites (tertiary alicyclic amines) is 1. The number of aliphatic hydroxyl groups is 1. The van der Waals surface area contributed by atoms with Gasteiger partial charge in [0.2, 0.25) is 0 Å². The van der Waals surface area contributed by atoms with Crippen LogP contribution in [0.25, 0.3) is 5.76 Å². The number of nitrogens with zero attached hydrogens (tertiary/aromatic N) is 2. The summed E-state index contributed by atoms with van der Waals surface area (Å²) in [5, 5.41) is 11.6. The molecule has 2 fully saturated rings. The van der Waals surface area contributed by atoms with Crippen LogP contribution in [0.2, 0.25) is 5.02 Å². The second kappa shape index (κ2) is 9.22. The predicted octanol–water partition coefficient (Wildman–Crippen LogP) is 3.40. The van der Waals surface area contributed by atoms with Crippen molar-refractivity contribution in [2.45, 2.75) is 13.0 Å². The van der Waals surface area contributed by atoms with E-state index in [9.17, 15) is 14.7 Å². The number of amides is 1. The number of ether oxygens (including phenoxy) is 1. The van der Waals surface area contributed by atoms with Gasteiger partial charge in [-0.25, -0.2) is 0 Å². The van der Waals surface area contributed by atoms with Gasteiger partial charge < -0.3 is 14.7 Å². The van der Waals surface area contributed by atoms with Crippen molar-refractivity contribution in [3.63, 3.8) is 0 Å². The number of aryl methyl sites for hydroxylation is 1. The zero-order chi connectivity index (χ0) is 22.0. The van der Waals surface area contributed by atoms with Crippen LogP contribution in [0, 0.1) is 6.92 Å². The number of Topliss-reactive ketones (excluding diaryl/α,β-unsaturated/α-hetero) is 1. The molecule has 0 bridgehead atoms. The molecule has 2 aliphatic rings. The quantitative estimate of drug-likeness (QED) is 0.438. The highest BCUT2D eigenvalue weighted by Gasteiger charge is 2.46. The Bertz CT molecular complexity index is 995. The molecule has 1 atom stereocenters. The Morgan fingerprint density at radius 1 is 1.03 bits per heavy atom.